The Morgan fingerprint density at radius 3 is 2.68 bits per heavy atom. The summed E-state index contributed by atoms with van der Waals surface area (Å²) in [6, 6.07) is 4.37. The number of benzene rings is 1. The van der Waals surface area contributed by atoms with Gasteiger partial charge in [0.15, 0.2) is 23.9 Å². The first-order valence-electron chi connectivity index (χ1n) is 10.7. The van der Waals surface area contributed by atoms with Gasteiger partial charge in [-0.3, -0.25) is 9.59 Å². The van der Waals surface area contributed by atoms with E-state index in [-0.39, 0.29) is 41.7 Å². The highest BCUT2D eigenvalue weighted by molar-refractivity contribution is 7.89. The predicted octanol–water partition coefficient (Wildman–Crippen LogP) is 2.04. The molecule has 1 aromatic heterocycles. The molecule has 0 radical (unpaired) electrons. The Kier molecular flexibility index (Phi) is 7.93. The molecule has 1 aromatic carbocycles. The fraction of sp³-hybridized carbons (Fsp3) is 0.500. The summed E-state index contributed by atoms with van der Waals surface area (Å²) < 4.78 is 56.2. The SMILES string of the molecule is COc1ccc(CN(C)C(=O)COC(=O)C2CCCN(S(=O)(=O)c3c(C)noc3C)C2)cc1F. The maximum absolute atomic E-state index is 13.9. The van der Waals surface area contributed by atoms with Crippen LogP contribution in [-0.2, 0) is 30.9 Å². The molecule has 12 heteroatoms. The van der Waals surface area contributed by atoms with Gasteiger partial charge in [0.1, 0.15) is 10.6 Å². The number of likely N-dealkylation sites (N-methyl/N-ethyl adjacent to an activating group) is 1. The molecule has 2 heterocycles. The highest BCUT2D eigenvalue weighted by Crippen LogP contribution is 2.28. The van der Waals surface area contributed by atoms with Crippen LogP contribution in [0.4, 0.5) is 4.39 Å². The second kappa shape index (κ2) is 10.5. The topological polar surface area (TPSA) is 119 Å². The Morgan fingerprint density at radius 2 is 2.06 bits per heavy atom. The summed E-state index contributed by atoms with van der Waals surface area (Å²) in [5.74, 6) is -2.06. The fourth-order valence-corrected chi connectivity index (χ4v) is 5.67. The number of esters is 1. The number of nitrogens with zero attached hydrogens (tertiary/aromatic N) is 3. The molecule has 1 saturated heterocycles. The largest absolute Gasteiger partial charge is 0.494 e. The minimum atomic E-state index is -3.88. The quantitative estimate of drug-likeness (QED) is 0.509. The van der Waals surface area contributed by atoms with Crippen LogP contribution < -0.4 is 4.74 Å². The molecule has 1 fully saturated rings. The lowest BCUT2D eigenvalue weighted by molar-refractivity contribution is -0.156. The monoisotopic (exact) mass is 497 g/mol. The number of carbonyl (C=O) groups is 2. The molecular weight excluding hydrogens is 469 g/mol. The third-order valence-electron chi connectivity index (χ3n) is 5.68. The van der Waals surface area contributed by atoms with Crippen LogP contribution in [-0.4, -0.2) is 68.5 Å². The zero-order chi connectivity index (χ0) is 25.0. The van der Waals surface area contributed by atoms with Crippen molar-refractivity contribution in [3.63, 3.8) is 0 Å². The van der Waals surface area contributed by atoms with Gasteiger partial charge in [-0.1, -0.05) is 11.2 Å². The highest BCUT2D eigenvalue weighted by Gasteiger charge is 2.37. The number of hydrogen-bond donors (Lipinski definition) is 0. The first-order chi connectivity index (χ1) is 16.0. The minimum absolute atomic E-state index is 0.00767. The molecule has 186 valence electrons. The van der Waals surface area contributed by atoms with E-state index in [2.05, 4.69) is 5.16 Å². The van der Waals surface area contributed by atoms with Crippen molar-refractivity contribution in [2.24, 2.45) is 5.92 Å². The molecule has 1 unspecified atom stereocenters. The van der Waals surface area contributed by atoms with Crippen LogP contribution in [0.25, 0.3) is 0 Å². The van der Waals surface area contributed by atoms with Crippen LogP contribution in [0.3, 0.4) is 0 Å². The molecule has 1 amide bonds. The number of piperidine rings is 1. The Bertz CT molecular complexity index is 1150. The number of halogens is 1. The lowest BCUT2D eigenvalue weighted by Gasteiger charge is -2.30. The van der Waals surface area contributed by atoms with Crippen molar-refractivity contribution in [2.75, 3.05) is 33.9 Å². The van der Waals surface area contributed by atoms with Crippen LogP contribution in [0.1, 0.15) is 29.9 Å². The smallest absolute Gasteiger partial charge is 0.310 e. The van der Waals surface area contributed by atoms with Crippen molar-refractivity contribution in [3.8, 4) is 5.75 Å². The number of methoxy groups -OCH3 is 1. The van der Waals surface area contributed by atoms with Gasteiger partial charge < -0.3 is 18.9 Å². The number of amides is 1. The second-order valence-corrected chi connectivity index (χ2v) is 10.1. The average Bonchev–Trinajstić information content (AvgIpc) is 3.15. The number of aryl methyl sites for hydroxylation is 2. The van der Waals surface area contributed by atoms with Crippen LogP contribution in [0.2, 0.25) is 0 Å². The van der Waals surface area contributed by atoms with Gasteiger partial charge in [-0.25, -0.2) is 12.8 Å². The molecule has 1 aliphatic heterocycles. The molecule has 34 heavy (non-hydrogen) atoms. The molecule has 1 atom stereocenters. The van der Waals surface area contributed by atoms with Gasteiger partial charge in [0.25, 0.3) is 5.91 Å². The van der Waals surface area contributed by atoms with Crippen molar-refractivity contribution in [1.82, 2.24) is 14.4 Å². The van der Waals surface area contributed by atoms with Gasteiger partial charge in [-0.15, -0.1) is 0 Å². The van der Waals surface area contributed by atoms with Crippen LogP contribution in [0.15, 0.2) is 27.6 Å². The maximum Gasteiger partial charge on any atom is 0.310 e. The Balaban J connectivity index is 1.56. The molecule has 0 aliphatic carbocycles. The number of aromatic nitrogens is 1. The molecule has 3 rings (SSSR count). The number of ether oxygens (including phenoxy) is 2. The molecule has 2 aromatic rings. The van der Waals surface area contributed by atoms with Gasteiger partial charge in [-0.05, 0) is 44.4 Å². The summed E-state index contributed by atoms with van der Waals surface area (Å²) in [6.07, 6.45) is 0.918. The standard InChI is InChI=1S/C22H28FN3O7S/c1-14-21(15(2)33-24-14)34(29,30)26-9-5-6-17(12-26)22(28)32-13-20(27)25(3)11-16-7-8-19(31-4)18(23)10-16/h7-8,10,17H,5-6,9,11-13H2,1-4H3. The van der Waals surface area contributed by atoms with Crippen molar-refractivity contribution in [3.05, 3.63) is 41.0 Å². The molecule has 0 saturated carbocycles. The van der Waals surface area contributed by atoms with E-state index < -0.39 is 40.2 Å². The van der Waals surface area contributed by atoms with E-state index in [1.54, 1.807) is 13.0 Å². The van der Waals surface area contributed by atoms with E-state index in [9.17, 15) is 22.4 Å². The van der Waals surface area contributed by atoms with E-state index in [4.69, 9.17) is 14.0 Å². The van der Waals surface area contributed by atoms with Gasteiger partial charge in [0.05, 0.1) is 13.0 Å². The van der Waals surface area contributed by atoms with E-state index in [0.29, 0.717) is 18.4 Å². The Labute approximate surface area is 197 Å². The maximum atomic E-state index is 13.9. The fourth-order valence-electron chi connectivity index (χ4n) is 3.86. The van der Waals surface area contributed by atoms with Crippen molar-refractivity contribution >= 4 is 21.9 Å². The number of carbonyl (C=O) groups excluding carboxylic acids is 2. The third-order valence-corrected chi connectivity index (χ3v) is 7.79. The van der Waals surface area contributed by atoms with Gasteiger partial charge in [-0.2, -0.15) is 4.31 Å². The van der Waals surface area contributed by atoms with Gasteiger partial charge in [0.2, 0.25) is 10.0 Å². The molecule has 1 aliphatic rings. The predicted molar refractivity (Wildman–Crippen MR) is 118 cm³/mol. The summed E-state index contributed by atoms with van der Waals surface area (Å²) in [5, 5.41) is 3.70. The molecule has 10 nitrogen and oxygen atoms in total. The first-order valence-corrected chi connectivity index (χ1v) is 12.1. The van der Waals surface area contributed by atoms with Gasteiger partial charge in [0, 0.05) is 26.7 Å². The van der Waals surface area contributed by atoms with E-state index in [1.165, 1.54) is 42.4 Å². The van der Waals surface area contributed by atoms with Gasteiger partial charge >= 0.3 is 5.97 Å². The number of sulfonamides is 1. The Morgan fingerprint density at radius 1 is 1.32 bits per heavy atom. The molecule has 0 N–H and O–H groups in total. The normalized spacial score (nSPS) is 16.8. The third kappa shape index (κ3) is 5.55. The summed E-state index contributed by atoms with van der Waals surface area (Å²) in [6.45, 7) is 2.88. The van der Waals surface area contributed by atoms with E-state index in [1.807, 2.05) is 0 Å². The zero-order valence-electron chi connectivity index (χ0n) is 19.5. The summed E-state index contributed by atoms with van der Waals surface area (Å²) in [5.41, 5.74) is 0.806. The summed E-state index contributed by atoms with van der Waals surface area (Å²) >= 11 is 0. The van der Waals surface area contributed by atoms with Crippen molar-refractivity contribution in [2.45, 2.75) is 38.1 Å². The average molecular weight is 498 g/mol. The highest BCUT2D eigenvalue weighted by atomic mass is 32.2. The zero-order valence-corrected chi connectivity index (χ0v) is 20.4. The number of rotatable bonds is 8. The van der Waals surface area contributed by atoms with Crippen LogP contribution in [0, 0.1) is 25.6 Å². The second-order valence-electron chi connectivity index (χ2n) is 8.18. The summed E-state index contributed by atoms with van der Waals surface area (Å²) in [4.78, 5) is 26.3. The first kappa shape index (κ1) is 25.6. The molecular formula is C22H28FN3O7S. The molecule has 0 spiro atoms. The lowest BCUT2D eigenvalue weighted by atomic mass is 10.00. The van der Waals surface area contributed by atoms with Crippen molar-refractivity contribution in [1.29, 1.82) is 0 Å². The Hall–Kier alpha value is -2.99. The lowest BCUT2D eigenvalue weighted by Crippen LogP contribution is -2.43. The number of hydrogen-bond acceptors (Lipinski definition) is 8. The van der Waals surface area contributed by atoms with E-state index in [0.717, 1.165) is 0 Å². The van der Waals surface area contributed by atoms with E-state index >= 15 is 0 Å². The van der Waals surface area contributed by atoms with Crippen LogP contribution >= 0.6 is 0 Å². The van der Waals surface area contributed by atoms with Crippen molar-refractivity contribution < 1.29 is 36.4 Å². The van der Waals surface area contributed by atoms with Crippen LogP contribution in [0.5, 0.6) is 5.75 Å². The molecule has 0 bridgehead atoms. The minimum Gasteiger partial charge on any atom is -0.494 e. The summed E-state index contributed by atoms with van der Waals surface area (Å²) in [7, 11) is -1.01.